The van der Waals surface area contributed by atoms with Crippen LogP contribution in [0.1, 0.15) is 11.3 Å². The zero-order valence-electron chi connectivity index (χ0n) is 9.92. The molecule has 0 fully saturated rings. The molecule has 0 amide bonds. The quantitative estimate of drug-likeness (QED) is 0.861. The Morgan fingerprint density at radius 2 is 2.24 bits per heavy atom. The summed E-state index contributed by atoms with van der Waals surface area (Å²) in [6, 6.07) is 3.96. The third-order valence-electron chi connectivity index (χ3n) is 2.49. The van der Waals surface area contributed by atoms with Crippen molar-refractivity contribution in [2.75, 3.05) is 13.6 Å². The lowest BCUT2D eigenvalue weighted by molar-refractivity contribution is -0.138. The SMILES string of the molecule is Cc1ccc2nc(CN(C)CC(=O)O)cn2c1. The van der Waals surface area contributed by atoms with E-state index in [1.807, 2.05) is 35.9 Å². The lowest BCUT2D eigenvalue weighted by atomic mass is 10.3. The number of hydrogen-bond donors (Lipinski definition) is 1. The summed E-state index contributed by atoms with van der Waals surface area (Å²) >= 11 is 0. The highest BCUT2D eigenvalue weighted by atomic mass is 16.4. The summed E-state index contributed by atoms with van der Waals surface area (Å²) < 4.78 is 1.96. The highest BCUT2D eigenvalue weighted by molar-refractivity contribution is 5.69. The molecule has 0 atom stereocenters. The molecule has 2 rings (SSSR count). The van der Waals surface area contributed by atoms with Crippen LogP contribution in [0, 0.1) is 6.92 Å². The largest absolute Gasteiger partial charge is 0.480 e. The van der Waals surface area contributed by atoms with Gasteiger partial charge in [-0.3, -0.25) is 9.69 Å². The van der Waals surface area contributed by atoms with Gasteiger partial charge < -0.3 is 9.51 Å². The number of fused-ring (bicyclic) bond motifs is 1. The predicted molar refractivity (Wildman–Crippen MR) is 63.9 cm³/mol. The number of carboxylic acid groups (broad SMARTS) is 1. The number of aryl methyl sites for hydroxylation is 1. The van der Waals surface area contributed by atoms with Gasteiger partial charge in [-0.25, -0.2) is 4.98 Å². The first kappa shape index (κ1) is 11.6. The second kappa shape index (κ2) is 4.55. The summed E-state index contributed by atoms with van der Waals surface area (Å²) in [7, 11) is 1.77. The molecule has 90 valence electrons. The second-order valence-electron chi connectivity index (χ2n) is 4.27. The van der Waals surface area contributed by atoms with Crippen molar-refractivity contribution in [1.82, 2.24) is 14.3 Å². The van der Waals surface area contributed by atoms with Gasteiger partial charge in [-0.1, -0.05) is 6.07 Å². The van der Waals surface area contributed by atoms with Crippen molar-refractivity contribution in [2.45, 2.75) is 13.5 Å². The van der Waals surface area contributed by atoms with E-state index in [2.05, 4.69) is 4.98 Å². The molecule has 0 radical (unpaired) electrons. The molecule has 2 aromatic rings. The first-order chi connectivity index (χ1) is 8.04. The Balaban J connectivity index is 2.16. The van der Waals surface area contributed by atoms with Crippen LogP contribution in [-0.4, -0.2) is 39.0 Å². The van der Waals surface area contributed by atoms with Crippen LogP contribution in [0.25, 0.3) is 5.65 Å². The summed E-state index contributed by atoms with van der Waals surface area (Å²) in [5.74, 6) is -0.827. The van der Waals surface area contributed by atoms with E-state index in [1.165, 1.54) is 5.56 Å². The lowest BCUT2D eigenvalue weighted by Crippen LogP contribution is -2.25. The molecule has 17 heavy (non-hydrogen) atoms. The molecule has 2 heterocycles. The first-order valence-electron chi connectivity index (χ1n) is 5.39. The maximum absolute atomic E-state index is 10.5. The van der Waals surface area contributed by atoms with Crippen LogP contribution in [0.15, 0.2) is 24.5 Å². The highest BCUT2D eigenvalue weighted by Gasteiger charge is 2.08. The topological polar surface area (TPSA) is 57.8 Å². The Morgan fingerprint density at radius 1 is 1.47 bits per heavy atom. The molecule has 0 bridgehead atoms. The van der Waals surface area contributed by atoms with E-state index in [-0.39, 0.29) is 6.54 Å². The second-order valence-corrected chi connectivity index (χ2v) is 4.27. The minimum atomic E-state index is -0.827. The third-order valence-corrected chi connectivity index (χ3v) is 2.49. The smallest absolute Gasteiger partial charge is 0.317 e. The van der Waals surface area contributed by atoms with Crippen molar-refractivity contribution in [3.05, 3.63) is 35.8 Å². The average molecular weight is 233 g/mol. The molecule has 0 aliphatic heterocycles. The molecular formula is C12H15N3O2. The summed E-state index contributed by atoms with van der Waals surface area (Å²) in [5.41, 5.74) is 2.93. The van der Waals surface area contributed by atoms with Crippen LogP contribution in [0.4, 0.5) is 0 Å². The van der Waals surface area contributed by atoms with Crippen molar-refractivity contribution < 1.29 is 9.90 Å². The van der Waals surface area contributed by atoms with Crippen LogP contribution >= 0.6 is 0 Å². The molecular weight excluding hydrogens is 218 g/mol. The number of aromatic nitrogens is 2. The maximum Gasteiger partial charge on any atom is 0.317 e. The average Bonchev–Trinajstić information content (AvgIpc) is 2.57. The van der Waals surface area contributed by atoms with Crippen LogP contribution in [-0.2, 0) is 11.3 Å². The fraction of sp³-hybridized carbons (Fsp3) is 0.333. The Bertz CT molecular complexity index is 548. The van der Waals surface area contributed by atoms with Crippen molar-refractivity contribution >= 4 is 11.6 Å². The Morgan fingerprint density at radius 3 is 2.94 bits per heavy atom. The van der Waals surface area contributed by atoms with E-state index >= 15 is 0 Å². The molecule has 0 spiro atoms. The zero-order valence-corrected chi connectivity index (χ0v) is 9.92. The van der Waals surface area contributed by atoms with Gasteiger partial charge in [0, 0.05) is 18.9 Å². The standard InChI is InChI=1S/C12H15N3O2/c1-9-3-4-11-13-10(7-15(11)5-9)6-14(2)8-12(16)17/h3-5,7H,6,8H2,1-2H3,(H,16,17). The van der Waals surface area contributed by atoms with Gasteiger partial charge in [0.2, 0.25) is 0 Å². The van der Waals surface area contributed by atoms with Gasteiger partial charge in [0.25, 0.3) is 0 Å². The van der Waals surface area contributed by atoms with E-state index in [9.17, 15) is 4.79 Å². The minimum Gasteiger partial charge on any atom is -0.480 e. The zero-order chi connectivity index (χ0) is 12.4. The molecule has 5 heteroatoms. The number of likely N-dealkylation sites (N-methyl/N-ethyl adjacent to an activating group) is 1. The number of aliphatic carboxylic acids is 1. The number of carbonyl (C=O) groups is 1. The van der Waals surface area contributed by atoms with Crippen LogP contribution in [0.2, 0.25) is 0 Å². The van der Waals surface area contributed by atoms with Crippen molar-refractivity contribution in [3.8, 4) is 0 Å². The Labute approximate surface area is 99.3 Å². The molecule has 0 saturated heterocycles. The summed E-state index contributed by atoms with van der Waals surface area (Å²) in [6.07, 6.45) is 3.93. The Hall–Kier alpha value is -1.88. The number of rotatable bonds is 4. The van der Waals surface area contributed by atoms with Gasteiger partial charge in [-0.05, 0) is 25.6 Å². The molecule has 0 aromatic carbocycles. The van der Waals surface area contributed by atoms with Gasteiger partial charge in [0.15, 0.2) is 0 Å². The Kier molecular flexibility index (Phi) is 3.10. The van der Waals surface area contributed by atoms with E-state index in [0.29, 0.717) is 6.54 Å². The molecule has 0 aliphatic carbocycles. The molecule has 5 nitrogen and oxygen atoms in total. The molecule has 0 aliphatic rings. The van der Waals surface area contributed by atoms with E-state index in [1.54, 1.807) is 11.9 Å². The van der Waals surface area contributed by atoms with Crippen LogP contribution in [0.3, 0.4) is 0 Å². The van der Waals surface area contributed by atoms with Gasteiger partial charge in [-0.15, -0.1) is 0 Å². The van der Waals surface area contributed by atoms with Crippen molar-refractivity contribution in [3.63, 3.8) is 0 Å². The highest BCUT2D eigenvalue weighted by Crippen LogP contribution is 2.08. The van der Waals surface area contributed by atoms with Crippen molar-refractivity contribution in [1.29, 1.82) is 0 Å². The fourth-order valence-electron chi connectivity index (χ4n) is 1.80. The minimum absolute atomic E-state index is 0.0207. The predicted octanol–water partition coefficient (Wildman–Crippen LogP) is 1.16. The number of hydrogen-bond acceptors (Lipinski definition) is 3. The van der Waals surface area contributed by atoms with Gasteiger partial charge >= 0.3 is 5.97 Å². The van der Waals surface area contributed by atoms with E-state index in [0.717, 1.165) is 11.3 Å². The fourth-order valence-corrected chi connectivity index (χ4v) is 1.80. The number of carboxylic acids is 1. The number of nitrogens with zero attached hydrogens (tertiary/aromatic N) is 3. The third kappa shape index (κ3) is 2.82. The maximum atomic E-state index is 10.5. The first-order valence-corrected chi connectivity index (χ1v) is 5.39. The molecule has 0 unspecified atom stereocenters. The lowest BCUT2D eigenvalue weighted by Gasteiger charge is -2.11. The summed E-state index contributed by atoms with van der Waals surface area (Å²) in [6.45, 7) is 2.58. The number of imidazole rings is 1. The van der Waals surface area contributed by atoms with Crippen molar-refractivity contribution in [2.24, 2.45) is 0 Å². The van der Waals surface area contributed by atoms with Crippen LogP contribution in [0.5, 0.6) is 0 Å². The van der Waals surface area contributed by atoms with Crippen LogP contribution < -0.4 is 0 Å². The molecule has 1 N–H and O–H groups in total. The van der Waals surface area contributed by atoms with Gasteiger partial charge in [0.05, 0.1) is 12.2 Å². The van der Waals surface area contributed by atoms with Gasteiger partial charge in [-0.2, -0.15) is 0 Å². The van der Waals surface area contributed by atoms with Gasteiger partial charge in [0.1, 0.15) is 5.65 Å². The summed E-state index contributed by atoms with van der Waals surface area (Å²) in [5, 5.41) is 8.67. The normalized spacial score (nSPS) is 11.2. The van der Waals surface area contributed by atoms with E-state index < -0.39 is 5.97 Å². The summed E-state index contributed by atoms with van der Waals surface area (Å²) in [4.78, 5) is 16.7. The number of pyridine rings is 1. The van der Waals surface area contributed by atoms with E-state index in [4.69, 9.17) is 5.11 Å². The monoisotopic (exact) mass is 233 g/mol. The molecule has 2 aromatic heterocycles. The molecule has 0 saturated carbocycles.